The van der Waals surface area contributed by atoms with Crippen LogP contribution in [0.4, 0.5) is 0 Å². The van der Waals surface area contributed by atoms with Gasteiger partial charge in [0.25, 0.3) is 0 Å². The normalized spacial score (nSPS) is 10.7. The fourth-order valence-electron chi connectivity index (χ4n) is 1.79. The standard InChI is InChI=1S/C13H9BrN4O2/c1-20-13(19)7-5-9-11(15-6-7)18-12(17-9)8-3-2-4-10(14)16-8/h2-6H,1H3,(H,15,17,18). The molecule has 100 valence electrons. The topological polar surface area (TPSA) is 80.8 Å². The number of H-pyrrole nitrogens is 1. The quantitative estimate of drug-likeness (QED) is 0.576. The van der Waals surface area contributed by atoms with E-state index in [1.54, 1.807) is 6.07 Å². The third kappa shape index (κ3) is 2.27. The number of nitrogens with zero attached hydrogens (tertiary/aromatic N) is 3. The van der Waals surface area contributed by atoms with E-state index in [1.165, 1.54) is 13.3 Å². The lowest BCUT2D eigenvalue weighted by molar-refractivity contribution is 0.0600. The number of halogens is 1. The first-order chi connectivity index (χ1) is 9.67. The first-order valence-electron chi connectivity index (χ1n) is 5.74. The molecule has 0 bridgehead atoms. The molecule has 0 aromatic carbocycles. The van der Waals surface area contributed by atoms with Crippen LogP contribution in [0.5, 0.6) is 0 Å². The number of hydrogen-bond acceptors (Lipinski definition) is 5. The van der Waals surface area contributed by atoms with Gasteiger partial charge in [-0.25, -0.2) is 19.7 Å². The van der Waals surface area contributed by atoms with Crippen molar-refractivity contribution in [2.75, 3.05) is 7.11 Å². The number of ether oxygens (including phenoxy) is 1. The van der Waals surface area contributed by atoms with Gasteiger partial charge in [-0.1, -0.05) is 6.07 Å². The lowest BCUT2D eigenvalue weighted by Crippen LogP contribution is -2.01. The number of aromatic nitrogens is 4. The third-order valence-corrected chi connectivity index (χ3v) is 3.16. The average Bonchev–Trinajstić information content (AvgIpc) is 2.89. The number of pyridine rings is 2. The molecule has 0 aliphatic carbocycles. The number of fused-ring (bicyclic) bond motifs is 1. The van der Waals surface area contributed by atoms with Crippen molar-refractivity contribution in [1.29, 1.82) is 0 Å². The van der Waals surface area contributed by atoms with Crippen molar-refractivity contribution in [3.05, 3.63) is 40.6 Å². The number of carbonyl (C=O) groups excluding carboxylic acids is 1. The van der Waals surface area contributed by atoms with Crippen LogP contribution < -0.4 is 0 Å². The summed E-state index contributed by atoms with van der Waals surface area (Å²) in [5.74, 6) is 0.159. The largest absolute Gasteiger partial charge is 0.465 e. The first kappa shape index (κ1) is 12.7. The van der Waals surface area contributed by atoms with Crippen molar-refractivity contribution in [2.24, 2.45) is 0 Å². The number of nitrogens with one attached hydrogen (secondary N) is 1. The van der Waals surface area contributed by atoms with Crippen molar-refractivity contribution >= 4 is 33.1 Å². The Kier molecular flexibility index (Phi) is 3.19. The first-order valence-corrected chi connectivity index (χ1v) is 6.53. The lowest BCUT2D eigenvalue weighted by atomic mass is 10.3. The molecule has 6 nitrogen and oxygen atoms in total. The minimum atomic E-state index is -0.434. The zero-order valence-corrected chi connectivity index (χ0v) is 12.0. The van der Waals surface area contributed by atoms with Gasteiger partial charge in [0.15, 0.2) is 11.5 Å². The predicted molar refractivity (Wildman–Crippen MR) is 76.2 cm³/mol. The number of rotatable bonds is 2. The van der Waals surface area contributed by atoms with Gasteiger partial charge < -0.3 is 9.72 Å². The van der Waals surface area contributed by atoms with Crippen LogP contribution in [0.25, 0.3) is 22.7 Å². The fraction of sp³-hybridized carbons (Fsp3) is 0.0769. The molecule has 0 saturated carbocycles. The summed E-state index contributed by atoms with van der Waals surface area (Å²) >= 11 is 3.31. The molecular formula is C13H9BrN4O2. The Morgan fingerprint density at radius 3 is 2.95 bits per heavy atom. The molecule has 0 fully saturated rings. The Morgan fingerprint density at radius 1 is 1.35 bits per heavy atom. The van der Waals surface area contributed by atoms with Gasteiger partial charge in [-0.15, -0.1) is 0 Å². The highest BCUT2D eigenvalue weighted by Gasteiger charge is 2.11. The summed E-state index contributed by atoms with van der Waals surface area (Å²) in [7, 11) is 1.33. The molecule has 0 aliphatic heterocycles. The van der Waals surface area contributed by atoms with E-state index in [1.807, 2.05) is 18.2 Å². The van der Waals surface area contributed by atoms with Gasteiger partial charge in [-0.3, -0.25) is 0 Å². The minimum absolute atomic E-state index is 0.373. The van der Waals surface area contributed by atoms with Crippen molar-refractivity contribution < 1.29 is 9.53 Å². The molecule has 0 unspecified atom stereocenters. The predicted octanol–water partition coefficient (Wildman–Crippen LogP) is 2.57. The summed E-state index contributed by atoms with van der Waals surface area (Å²) in [6.45, 7) is 0. The molecular weight excluding hydrogens is 324 g/mol. The summed E-state index contributed by atoms with van der Waals surface area (Å²) < 4.78 is 5.38. The van der Waals surface area contributed by atoms with E-state index in [0.717, 1.165) is 4.60 Å². The van der Waals surface area contributed by atoms with Crippen LogP contribution in [-0.2, 0) is 4.74 Å². The molecule has 0 radical (unpaired) electrons. The highest BCUT2D eigenvalue weighted by molar-refractivity contribution is 9.10. The maximum absolute atomic E-state index is 11.5. The monoisotopic (exact) mass is 332 g/mol. The molecule has 0 atom stereocenters. The number of esters is 1. The summed E-state index contributed by atoms with van der Waals surface area (Å²) in [6.07, 6.45) is 1.44. The Morgan fingerprint density at radius 2 is 2.20 bits per heavy atom. The molecule has 0 aliphatic rings. The number of hydrogen-bond donors (Lipinski definition) is 1. The van der Waals surface area contributed by atoms with Crippen molar-refractivity contribution in [2.45, 2.75) is 0 Å². The van der Waals surface area contributed by atoms with E-state index >= 15 is 0 Å². The van der Waals surface area contributed by atoms with Crippen LogP contribution in [-0.4, -0.2) is 33.0 Å². The summed E-state index contributed by atoms with van der Waals surface area (Å²) in [5.41, 5.74) is 2.24. The second-order valence-corrected chi connectivity index (χ2v) is 4.83. The third-order valence-electron chi connectivity index (χ3n) is 2.72. The molecule has 1 N–H and O–H groups in total. The van der Waals surface area contributed by atoms with Crippen LogP contribution in [0.2, 0.25) is 0 Å². The minimum Gasteiger partial charge on any atom is -0.465 e. The highest BCUT2D eigenvalue weighted by Crippen LogP contribution is 2.20. The van der Waals surface area contributed by atoms with Crippen LogP contribution in [0, 0.1) is 0 Å². The van der Waals surface area contributed by atoms with E-state index in [-0.39, 0.29) is 0 Å². The number of carbonyl (C=O) groups is 1. The zero-order valence-electron chi connectivity index (χ0n) is 10.4. The molecule has 3 aromatic heterocycles. The second kappa shape index (κ2) is 5.01. The second-order valence-electron chi connectivity index (χ2n) is 4.02. The van der Waals surface area contributed by atoms with Gasteiger partial charge in [0.2, 0.25) is 0 Å². The maximum atomic E-state index is 11.5. The van der Waals surface area contributed by atoms with Crippen molar-refractivity contribution in [3.63, 3.8) is 0 Å². The van der Waals surface area contributed by atoms with Gasteiger partial charge in [0.05, 0.1) is 18.2 Å². The van der Waals surface area contributed by atoms with Crippen LogP contribution in [0.1, 0.15) is 10.4 Å². The molecule has 0 saturated heterocycles. The summed E-state index contributed by atoms with van der Waals surface area (Å²) in [6, 6.07) is 7.19. The number of imidazole rings is 1. The van der Waals surface area contributed by atoms with Crippen LogP contribution in [0.15, 0.2) is 35.1 Å². The van der Waals surface area contributed by atoms with Gasteiger partial charge in [-0.2, -0.15) is 0 Å². The van der Waals surface area contributed by atoms with Gasteiger partial charge in [0, 0.05) is 6.20 Å². The van der Waals surface area contributed by atoms with E-state index in [0.29, 0.717) is 28.2 Å². The SMILES string of the molecule is COC(=O)c1cnc2nc(-c3cccc(Br)n3)[nH]c2c1. The number of aromatic amines is 1. The van der Waals surface area contributed by atoms with E-state index < -0.39 is 5.97 Å². The molecule has 3 aromatic rings. The van der Waals surface area contributed by atoms with E-state index in [4.69, 9.17) is 0 Å². The molecule has 3 heterocycles. The molecule has 7 heteroatoms. The molecule has 0 amide bonds. The van der Waals surface area contributed by atoms with E-state index in [2.05, 4.69) is 40.6 Å². The van der Waals surface area contributed by atoms with Crippen molar-refractivity contribution in [3.8, 4) is 11.5 Å². The zero-order chi connectivity index (χ0) is 14.1. The Balaban J connectivity index is 2.09. The molecule has 3 rings (SSSR count). The number of methoxy groups -OCH3 is 1. The fourth-order valence-corrected chi connectivity index (χ4v) is 2.13. The smallest absolute Gasteiger partial charge is 0.339 e. The van der Waals surface area contributed by atoms with Crippen LogP contribution >= 0.6 is 15.9 Å². The Labute approximate surface area is 122 Å². The van der Waals surface area contributed by atoms with Gasteiger partial charge in [0.1, 0.15) is 10.3 Å². The molecule has 0 spiro atoms. The lowest BCUT2D eigenvalue weighted by Gasteiger charge is -1.97. The summed E-state index contributed by atoms with van der Waals surface area (Å²) in [5, 5.41) is 0. The Bertz CT molecular complexity index is 800. The van der Waals surface area contributed by atoms with Crippen molar-refractivity contribution in [1.82, 2.24) is 19.9 Å². The molecule has 20 heavy (non-hydrogen) atoms. The van der Waals surface area contributed by atoms with E-state index in [9.17, 15) is 4.79 Å². The maximum Gasteiger partial charge on any atom is 0.339 e. The average molecular weight is 333 g/mol. The Hall–Kier alpha value is -2.28. The van der Waals surface area contributed by atoms with Gasteiger partial charge in [-0.05, 0) is 34.1 Å². The highest BCUT2D eigenvalue weighted by atomic mass is 79.9. The van der Waals surface area contributed by atoms with Gasteiger partial charge >= 0.3 is 5.97 Å². The summed E-state index contributed by atoms with van der Waals surface area (Å²) in [4.78, 5) is 27.4. The van der Waals surface area contributed by atoms with Crippen LogP contribution in [0.3, 0.4) is 0 Å².